The molecule has 0 amide bonds. The van der Waals surface area contributed by atoms with E-state index in [1.54, 1.807) is 11.3 Å². The lowest BCUT2D eigenvalue weighted by Gasteiger charge is -2.34. The van der Waals surface area contributed by atoms with Crippen molar-refractivity contribution in [1.29, 1.82) is 0 Å². The number of anilines is 2. The van der Waals surface area contributed by atoms with Gasteiger partial charge in [0.05, 0.1) is 10.2 Å². The Morgan fingerprint density at radius 3 is 3.00 bits per heavy atom. The van der Waals surface area contributed by atoms with Gasteiger partial charge in [0.25, 0.3) is 0 Å². The van der Waals surface area contributed by atoms with Gasteiger partial charge in [0.15, 0.2) is 5.13 Å². The summed E-state index contributed by atoms with van der Waals surface area (Å²) in [5.74, 6) is 1.52. The van der Waals surface area contributed by atoms with Gasteiger partial charge in [-0.05, 0) is 36.5 Å². The van der Waals surface area contributed by atoms with E-state index in [1.165, 1.54) is 24.0 Å². The Balaban J connectivity index is 1.81. The molecule has 0 bridgehead atoms. The first-order valence-corrected chi connectivity index (χ1v) is 7.88. The molecule has 4 heteroatoms. The molecular weight excluding hydrogens is 254 g/mol. The summed E-state index contributed by atoms with van der Waals surface area (Å²) in [6.07, 6.45) is 3.93. The number of fused-ring (bicyclic) bond motifs is 1. The maximum Gasteiger partial charge on any atom is 0.184 e. The van der Waals surface area contributed by atoms with Crippen LogP contribution in [0.25, 0.3) is 10.2 Å². The van der Waals surface area contributed by atoms with Crippen molar-refractivity contribution in [2.24, 2.45) is 11.8 Å². The lowest BCUT2D eigenvalue weighted by Crippen LogP contribution is -2.34. The molecule has 3 unspecified atom stereocenters. The molecule has 1 heterocycles. The number of rotatable bonds is 2. The van der Waals surface area contributed by atoms with E-state index in [1.807, 2.05) is 18.2 Å². The van der Waals surface area contributed by atoms with Gasteiger partial charge >= 0.3 is 0 Å². The number of nitrogens with two attached hydrogens (primary N) is 1. The second kappa shape index (κ2) is 5.00. The maximum absolute atomic E-state index is 5.82. The Bertz CT molecular complexity index is 578. The molecule has 1 aromatic heterocycles. The zero-order valence-corrected chi connectivity index (χ0v) is 12.3. The van der Waals surface area contributed by atoms with Crippen molar-refractivity contribution in [2.45, 2.75) is 39.2 Å². The second-order valence-corrected chi connectivity index (χ2v) is 6.79. The van der Waals surface area contributed by atoms with Crippen LogP contribution in [-0.2, 0) is 0 Å². The Morgan fingerprint density at radius 2 is 2.16 bits per heavy atom. The lowest BCUT2D eigenvalue weighted by atomic mass is 9.78. The number of hydrogen-bond acceptors (Lipinski definition) is 4. The quantitative estimate of drug-likeness (QED) is 0.811. The number of nitrogens with zero attached hydrogens (tertiary/aromatic N) is 1. The van der Waals surface area contributed by atoms with Crippen LogP contribution in [0.1, 0.15) is 33.1 Å². The molecule has 0 spiro atoms. The van der Waals surface area contributed by atoms with E-state index in [0.717, 1.165) is 22.3 Å². The van der Waals surface area contributed by atoms with Gasteiger partial charge in [0.1, 0.15) is 0 Å². The topological polar surface area (TPSA) is 50.9 Å². The standard InChI is InChI=1S/C15H21N3S/c1-9-4-3-5-12(10(9)2)17-15-18-13-7-6-11(16)8-14(13)19-15/h6-10,12H,3-5,16H2,1-2H3,(H,17,18). The molecule has 19 heavy (non-hydrogen) atoms. The van der Waals surface area contributed by atoms with E-state index in [-0.39, 0.29) is 0 Å². The van der Waals surface area contributed by atoms with Crippen molar-refractivity contribution in [3.05, 3.63) is 18.2 Å². The summed E-state index contributed by atoms with van der Waals surface area (Å²) < 4.78 is 1.17. The Kier molecular flexibility index (Phi) is 3.35. The number of thiazole rings is 1. The molecule has 102 valence electrons. The maximum atomic E-state index is 5.82. The van der Waals surface area contributed by atoms with Crippen LogP contribution in [-0.4, -0.2) is 11.0 Å². The molecule has 0 radical (unpaired) electrons. The van der Waals surface area contributed by atoms with Gasteiger partial charge in [0, 0.05) is 11.7 Å². The van der Waals surface area contributed by atoms with Gasteiger partial charge in [-0.2, -0.15) is 0 Å². The summed E-state index contributed by atoms with van der Waals surface area (Å²) in [5.41, 5.74) is 7.66. The fraction of sp³-hybridized carbons (Fsp3) is 0.533. The van der Waals surface area contributed by atoms with Crippen LogP contribution in [0.5, 0.6) is 0 Å². The van der Waals surface area contributed by atoms with Crippen LogP contribution < -0.4 is 11.1 Å². The van der Waals surface area contributed by atoms with Crippen molar-refractivity contribution in [3.63, 3.8) is 0 Å². The summed E-state index contributed by atoms with van der Waals surface area (Å²) in [7, 11) is 0. The minimum atomic E-state index is 0.557. The molecule has 1 fully saturated rings. The predicted molar refractivity (Wildman–Crippen MR) is 83.6 cm³/mol. The molecule has 1 aliphatic carbocycles. The SMILES string of the molecule is CC1CCCC(Nc2nc3ccc(N)cc3s2)C1C. The number of benzene rings is 1. The molecule has 3 rings (SSSR count). The van der Waals surface area contributed by atoms with Crippen molar-refractivity contribution >= 4 is 32.4 Å². The molecule has 0 aliphatic heterocycles. The molecule has 0 saturated heterocycles. The van der Waals surface area contributed by atoms with Crippen molar-refractivity contribution in [2.75, 3.05) is 11.1 Å². The van der Waals surface area contributed by atoms with Gasteiger partial charge in [-0.3, -0.25) is 0 Å². The van der Waals surface area contributed by atoms with Crippen molar-refractivity contribution < 1.29 is 0 Å². The van der Waals surface area contributed by atoms with Crippen LogP contribution in [0, 0.1) is 11.8 Å². The van der Waals surface area contributed by atoms with Crippen LogP contribution in [0.4, 0.5) is 10.8 Å². The minimum Gasteiger partial charge on any atom is -0.399 e. The highest BCUT2D eigenvalue weighted by Crippen LogP contribution is 2.34. The third-order valence-corrected chi connectivity index (χ3v) is 5.38. The zero-order valence-electron chi connectivity index (χ0n) is 11.5. The highest BCUT2D eigenvalue weighted by molar-refractivity contribution is 7.22. The number of aromatic nitrogens is 1. The molecule has 3 N–H and O–H groups in total. The van der Waals surface area contributed by atoms with Gasteiger partial charge in [-0.1, -0.05) is 38.0 Å². The van der Waals surface area contributed by atoms with Crippen LogP contribution in [0.2, 0.25) is 0 Å². The first kappa shape index (κ1) is 12.7. The van der Waals surface area contributed by atoms with Crippen molar-refractivity contribution in [3.8, 4) is 0 Å². The van der Waals surface area contributed by atoms with Gasteiger partial charge in [-0.25, -0.2) is 4.98 Å². The van der Waals surface area contributed by atoms with Crippen molar-refractivity contribution in [1.82, 2.24) is 4.98 Å². The largest absolute Gasteiger partial charge is 0.399 e. The van der Waals surface area contributed by atoms with E-state index in [2.05, 4.69) is 24.1 Å². The summed E-state index contributed by atoms with van der Waals surface area (Å²) >= 11 is 1.71. The number of hydrogen-bond donors (Lipinski definition) is 2. The molecule has 3 nitrogen and oxygen atoms in total. The van der Waals surface area contributed by atoms with E-state index >= 15 is 0 Å². The van der Waals surface area contributed by atoms with E-state index in [4.69, 9.17) is 5.73 Å². The highest BCUT2D eigenvalue weighted by atomic mass is 32.1. The van der Waals surface area contributed by atoms with Gasteiger partial charge in [0.2, 0.25) is 0 Å². The molecule has 2 aromatic rings. The van der Waals surface area contributed by atoms with Gasteiger partial charge in [-0.15, -0.1) is 0 Å². The average Bonchev–Trinajstić information content (AvgIpc) is 2.76. The van der Waals surface area contributed by atoms with Crippen LogP contribution >= 0.6 is 11.3 Å². The molecule has 3 atom stereocenters. The van der Waals surface area contributed by atoms with Gasteiger partial charge < -0.3 is 11.1 Å². The highest BCUT2D eigenvalue weighted by Gasteiger charge is 2.27. The molecule has 1 aromatic carbocycles. The normalized spacial score (nSPS) is 27.6. The summed E-state index contributed by atoms with van der Waals surface area (Å²) in [6, 6.07) is 6.48. The fourth-order valence-electron chi connectivity index (χ4n) is 2.95. The summed E-state index contributed by atoms with van der Waals surface area (Å²) in [5, 5.41) is 4.67. The van der Waals surface area contributed by atoms with E-state index in [0.29, 0.717) is 12.0 Å². The summed E-state index contributed by atoms with van der Waals surface area (Å²) in [6.45, 7) is 4.71. The van der Waals surface area contributed by atoms with E-state index < -0.39 is 0 Å². The number of nitrogens with one attached hydrogen (secondary N) is 1. The third kappa shape index (κ3) is 2.54. The fourth-order valence-corrected chi connectivity index (χ4v) is 3.92. The first-order chi connectivity index (χ1) is 9.13. The molecule has 1 aliphatic rings. The lowest BCUT2D eigenvalue weighted by molar-refractivity contribution is 0.253. The predicted octanol–water partition coefficient (Wildman–Crippen LogP) is 4.12. The Morgan fingerprint density at radius 1 is 1.32 bits per heavy atom. The Labute approximate surface area is 118 Å². The first-order valence-electron chi connectivity index (χ1n) is 7.06. The monoisotopic (exact) mass is 275 g/mol. The summed E-state index contributed by atoms with van der Waals surface area (Å²) in [4.78, 5) is 4.66. The smallest absolute Gasteiger partial charge is 0.184 e. The van der Waals surface area contributed by atoms with Crippen LogP contribution in [0.15, 0.2) is 18.2 Å². The average molecular weight is 275 g/mol. The zero-order chi connectivity index (χ0) is 13.4. The molecular formula is C15H21N3S. The second-order valence-electron chi connectivity index (χ2n) is 5.76. The van der Waals surface area contributed by atoms with Crippen LogP contribution in [0.3, 0.4) is 0 Å². The number of nitrogen functional groups attached to an aromatic ring is 1. The minimum absolute atomic E-state index is 0.557. The third-order valence-electron chi connectivity index (χ3n) is 4.43. The van der Waals surface area contributed by atoms with E-state index in [9.17, 15) is 0 Å². The Hall–Kier alpha value is -1.29. The molecule has 1 saturated carbocycles.